The number of ether oxygens (including phenoxy) is 1. The molecule has 1 saturated heterocycles. The normalized spacial score (nSPS) is 22.9. The monoisotopic (exact) mass is 270 g/mol. The van der Waals surface area contributed by atoms with Crippen LogP contribution in [0.2, 0.25) is 5.02 Å². The van der Waals surface area contributed by atoms with E-state index in [1.807, 2.05) is 6.07 Å². The van der Waals surface area contributed by atoms with Crippen molar-refractivity contribution in [3.05, 3.63) is 29.0 Å². The molecule has 1 aromatic heterocycles. The molecule has 2 atom stereocenters. The third kappa shape index (κ3) is 3.40. The van der Waals surface area contributed by atoms with Crippen molar-refractivity contribution in [3.8, 4) is 0 Å². The van der Waals surface area contributed by atoms with Gasteiger partial charge in [0.05, 0.1) is 23.8 Å². The summed E-state index contributed by atoms with van der Waals surface area (Å²) < 4.78 is 5.77. The first-order chi connectivity index (χ1) is 8.70. The van der Waals surface area contributed by atoms with E-state index in [1.165, 1.54) is 0 Å². The minimum absolute atomic E-state index is 0.0487. The molecule has 3 N–H and O–H groups in total. The van der Waals surface area contributed by atoms with Crippen LogP contribution in [0.3, 0.4) is 0 Å². The van der Waals surface area contributed by atoms with Gasteiger partial charge in [0.2, 0.25) is 0 Å². The SMILES string of the molecule is CN1CCOC(C(Cc2ccncc2Cl)NN)C1. The molecule has 1 aromatic rings. The Hall–Kier alpha value is -0.720. The lowest BCUT2D eigenvalue weighted by Crippen LogP contribution is -2.54. The van der Waals surface area contributed by atoms with Crippen LogP contribution in [0.25, 0.3) is 0 Å². The fourth-order valence-corrected chi connectivity index (χ4v) is 2.36. The van der Waals surface area contributed by atoms with Gasteiger partial charge in [0.1, 0.15) is 0 Å². The van der Waals surface area contributed by atoms with Crippen LogP contribution in [0.15, 0.2) is 18.5 Å². The van der Waals surface area contributed by atoms with Gasteiger partial charge in [-0.2, -0.15) is 0 Å². The molecular weight excluding hydrogens is 252 g/mol. The lowest BCUT2D eigenvalue weighted by molar-refractivity contribution is -0.0384. The molecule has 0 bridgehead atoms. The summed E-state index contributed by atoms with van der Waals surface area (Å²) in [6, 6.07) is 1.96. The van der Waals surface area contributed by atoms with E-state index in [0.717, 1.165) is 31.7 Å². The molecule has 0 aliphatic carbocycles. The van der Waals surface area contributed by atoms with Crippen LogP contribution < -0.4 is 11.3 Å². The summed E-state index contributed by atoms with van der Waals surface area (Å²) in [5.41, 5.74) is 3.87. The second-order valence-electron chi connectivity index (χ2n) is 4.62. The number of rotatable bonds is 4. The molecule has 0 radical (unpaired) electrons. The van der Waals surface area contributed by atoms with E-state index in [9.17, 15) is 0 Å². The van der Waals surface area contributed by atoms with Crippen molar-refractivity contribution in [1.82, 2.24) is 15.3 Å². The molecule has 2 unspecified atom stereocenters. The molecule has 0 saturated carbocycles. The van der Waals surface area contributed by atoms with Gasteiger partial charge in [-0.05, 0) is 25.1 Å². The predicted octanol–water partition coefficient (Wildman–Crippen LogP) is 0.440. The molecule has 2 rings (SSSR count). The lowest BCUT2D eigenvalue weighted by atomic mass is 10.0. The number of nitrogens with one attached hydrogen (secondary N) is 1. The van der Waals surface area contributed by atoms with Crippen molar-refractivity contribution < 1.29 is 4.74 Å². The molecule has 5 nitrogen and oxygen atoms in total. The van der Waals surface area contributed by atoms with Gasteiger partial charge in [-0.25, -0.2) is 0 Å². The van der Waals surface area contributed by atoms with Crippen LogP contribution in [-0.2, 0) is 11.2 Å². The van der Waals surface area contributed by atoms with Crippen molar-refractivity contribution in [3.63, 3.8) is 0 Å². The Morgan fingerprint density at radius 3 is 3.22 bits per heavy atom. The highest BCUT2D eigenvalue weighted by Crippen LogP contribution is 2.18. The van der Waals surface area contributed by atoms with Crippen molar-refractivity contribution in [2.75, 3.05) is 26.7 Å². The molecule has 1 aliphatic heterocycles. The molecule has 0 amide bonds. The standard InChI is InChI=1S/C12H19ClN4O/c1-17-4-5-18-12(8-17)11(16-14)6-9-2-3-15-7-10(9)13/h2-3,7,11-12,16H,4-6,8,14H2,1H3. The van der Waals surface area contributed by atoms with Gasteiger partial charge < -0.3 is 9.64 Å². The quantitative estimate of drug-likeness (QED) is 0.614. The first kappa shape index (κ1) is 13.7. The van der Waals surface area contributed by atoms with Gasteiger partial charge in [-0.1, -0.05) is 11.6 Å². The van der Waals surface area contributed by atoms with Crippen molar-refractivity contribution in [2.24, 2.45) is 5.84 Å². The largest absolute Gasteiger partial charge is 0.374 e. The number of hydrazine groups is 1. The highest BCUT2D eigenvalue weighted by atomic mass is 35.5. The Morgan fingerprint density at radius 2 is 2.56 bits per heavy atom. The van der Waals surface area contributed by atoms with Gasteiger partial charge >= 0.3 is 0 Å². The maximum absolute atomic E-state index is 6.11. The Kier molecular flexibility index (Phi) is 4.91. The summed E-state index contributed by atoms with van der Waals surface area (Å²) in [6.07, 6.45) is 4.20. The van der Waals surface area contributed by atoms with E-state index in [1.54, 1.807) is 12.4 Å². The van der Waals surface area contributed by atoms with Crippen LogP contribution in [0.4, 0.5) is 0 Å². The molecule has 100 valence electrons. The van der Waals surface area contributed by atoms with Gasteiger partial charge in [0.15, 0.2) is 0 Å². The summed E-state index contributed by atoms with van der Waals surface area (Å²) in [6.45, 7) is 2.57. The van der Waals surface area contributed by atoms with Gasteiger partial charge in [0, 0.05) is 25.5 Å². The zero-order chi connectivity index (χ0) is 13.0. The van der Waals surface area contributed by atoms with Crippen LogP contribution in [0.1, 0.15) is 5.56 Å². The molecule has 1 aliphatic rings. The van der Waals surface area contributed by atoms with Gasteiger partial charge in [-0.15, -0.1) is 0 Å². The average Bonchev–Trinajstić information content (AvgIpc) is 2.38. The first-order valence-electron chi connectivity index (χ1n) is 6.05. The summed E-state index contributed by atoms with van der Waals surface area (Å²) in [5, 5.41) is 0.668. The minimum atomic E-state index is 0.0487. The van der Waals surface area contributed by atoms with Crippen molar-refractivity contribution in [1.29, 1.82) is 0 Å². The topological polar surface area (TPSA) is 63.4 Å². The third-order valence-corrected chi connectivity index (χ3v) is 3.60. The summed E-state index contributed by atoms with van der Waals surface area (Å²) in [4.78, 5) is 6.22. The average molecular weight is 271 g/mol. The number of hydrogen-bond acceptors (Lipinski definition) is 5. The smallest absolute Gasteiger partial charge is 0.0871 e. The molecular formula is C12H19ClN4O. The van der Waals surface area contributed by atoms with E-state index >= 15 is 0 Å². The van der Waals surface area contributed by atoms with Crippen LogP contribution >= 0.6 is 11.6 Å². The molecule has 0 aromatic carbocycles. The van der Waals surface area contributed by atoms with Crippen LogP contribution in [0, 0.1) is 0 Å². The zero-order valence-electron chi connectivity index (χ0n) is 10.5. The Balaban J connectivity index is 2.03. The number of nitrogens with zero attached hydrogens (tertiary/aromatic N) is 2. The van der Waals surface area contributed by atoms with Crippen LogP contribution in [-0.4, -0.2) is 48.8 Å². The fourth-order valence-electron chi connectivity index (χ4n) is 2.16. The highest BCUT2D eigenvalue weighted by Gasteiger charge is 2.26. The highest BCUT2D eigenvalue weighted by molar-refractivity contribution is 6.31. The summed E-state index contributed by atoms with van der Waals surface area (Å²) in [5.74, 6) is 5.64. The molecule has 2 heterocycles. The Labute approximate surface area is 112 Å². The number of morpholine rings is 1. The maximum atomic E-state index is 6.11. The Morgan fingerprint density at radius 1 is 1.72 bits per heavy atom. The van der Waals surface area contributed by atoms with Crippen molar-refractivity contribution >= 4 is 11.6 Å². The predicted molar refractivity (Wildman–Crippen MR) is 71.3 cm³/mol. The van der Waals surface area contributed by atoms with E-state index in [2.05, 4.69) is 22.4 Å². The summed E-state index contributed by atoms with van der Waals surface area (Å²) in [7, 11) is 2.09. The number of halogens is 1. The van der Waals surface area contributed by atoms with Crippen LogP contribution in [0.5, 0.6) is 0 Å². The third-order valence-electron chi connectivity index (χ3n) is 3.26. The van der Waals surface area contributed by atoms with Gasteiger partial charge in [0.25, 0.3) is 0 Å². The van der Waals surface area contributed by atoms with E-state index in [0.29, 0.717) is 5.02 Å². The van der Waals surface area contributed by atoms with Gasteiger partial charge in [-0.3, -0.25) is 16.3 Å². The molecule has 6 heteroatoms. The molecule has 1 fully saturated rings. The Bertz CT molecular complexity index is 390. The summed E-state index contributed by atoms with van der Waals surface area (Å²) >= 11 is 6.11. The number of aromatic nitrogens is 1. The van der Waals surface area contributed by atoms with E-state index < -0.39 is 0 Å². The minimum Gasteiger partial charge on any atom is -0.374 e. The fraction of sp³-hybridized carbons (Fsp3) is 0.583. The second kappa shape index (κ2) is 6.45. The molecule has 18 heavy (non-hydrogen) atoms. The molecule has 0 spiro atoms. The van der Waals surface area contributed by atoms with Crippen molar-refractivity contribution in [2.45, 2.75) is 18.6 Å². The van der Waals surface area contributed by atoms with E-state index in [-0.39, 0.29) is 12.1 Å². The number of nitrogens with two attached hydrogens (primary N) is 1. The maximum Gasteiger partial charge on any atom is 0.0871 e. The first-order valence-corrected chi connectivity index (χ1v) is 6.43. The zero-order valence-corrected chi connectivity index (χ0v) is 11.2. The number of pyridine rings is 1. The van der Waals surface area contributed by atoms with E-state index in [4.69, 9.17) is 22.2 Å². The second-order valence-corrected chi connectivity index (χ2v) is 5.02. The lowest BCUT2D eigenvalue weighted by Gasteiger charge is -2.35. The number of likely N-dealkylation sites (N-methyl/N-ethyl adjacent to an activating group) is 1. The number of hydrogen-bond donors (Lipinski definition) is 2.